The van der Waals surface area contributed by atoms with Crippen LogP contribution in [-0.2, 0) is 5.75 Å². The Hall–Kier alpha value is -2.84. The van der Waals surface area contributed by atoms with Crippen molar-refractivity contribution >= 4 is 23.1 Å². The summed E-state index contributed by atoms with van der Waals surface area (Å²) in [5, 5.41) is 11.8. The molecule has 0 saturated heterocycles. The number of hydrogen-bond acceptors (Lipinski definition) is 8. The summed E-state index contributed by atoms with van der Waals surface area (Å²) in [5.74, 6) is 2.66. The van der Waals surface area contributed by atoms with Gasteiger partial charge in [0, 0.05) is 22.8 Å². The molecule has 0 unspecified atom stereocenters. The zero-order chi connectivity index (χ0) is 20.2. The molecule has 4 rings (SSSR count). The molecule has 4 aromatic rings. The topological polar surface area (TPSA) is 70.3 Å². The van der Waals surface area contributed by atoms with Crippen molar-refractivity contribution in [1.29, 1.82) is 0 Å². The Morgan fingerprint density at radius 2 is 1.90 bits per heavy atom. The van der Waals surface area contributed by atoms with Gasteiger partial charge in [-0.1, -0.05) is 30.0 Å². The highest BCUT2D eigenvalue weighted by Gasteiger charge is 2.14. The van der Waals surface area contributed by atoms with Gasteiger partial charge >= 0.3 is 0 Å². The highest BCUT2D eigenvalue weighted by Crippen LogP contribution is 2.36. The predicted molar refractivity (Wildman–Crippen MR) is 115 cm³/mol. The first-order valence-electron chi connectivity index (χ1n) is 8.87. The Kier molecular flexibility index (Phi) is 5.82. The maximum atomic E-state index is 5.81. The fraction of sp³-hybridized carbons (Fsp3) is 0.190. The summed E-state index contributed by atoms with van der Waals surface area (Å²) >= 11 is 3.04. The molecular formula is C21H19N3O3S2. The molecule has 0 aliphatic carbocycles. The third-order valence-electron chi connectivity index (χ3n) is 4.32. The summed E-state index contributed by atoms with van der Waals surface area (Å²) in [6, 6.07) is 13.7. The second kappa shape index (κ2) is 8.67. The Balaban J connectivity index is 1.46. The van der Waals surface area contributed by atoms with E-state index in [-0.39, 0.29) is 0 Å². The molecule has 0 radical (unpaired) electrons. The van der Waals surface area contributed by atoms with Gasteiger partial charge in [0.1, 0.15) is 16.5 Å². The Labute approximate surface area is 176 Å². The lowest BCUT2D eigenvalue weighted by atomic mass is 10.1. The van der Waals surface area contributed by atoms with Crippen LogP contribution >= 0.6 is 23.1 Å². The molecule has 148 valence electrons. The van der Waals surface area contributed by atoms with Crippen molar-refractivity contribution in [2.24, 2.45) is 0 Å². The van der Waals surface area contributed by atoms with E-state index in [0.29, 0.717) is 16.9 Å². The first-order valence-corrected chi connectivity index (χ1v) is 10.7. The van der Waals surface area contributed by atoms with E-state index in [2.05, 4.69) is 10.2 Å². The summed E-state index contributed by atoms with van der Waals surface area (Å²) in [7, 11) is 3.28. The highest BCUT2D eigenvalue weighted by molar-refractivity contribution is 7.98. The molecule has 0 aliphatic heterocycles. The van der Waals surface area contributed by atoms with Gasteiger partial charge in [-0.25, -0.2) is 4.98 Å². The number of ether oxygens (including phenoxy) is 2. The number of thiazole rings is 1. The van der Waals surface area contributed by atoms with Crippen LogP contribution in [0.2, 0.25) is 0 Å². The number of benzene rings is 2. The minimum atomic E-state index is 0.528. The first kappa shape index (κ1) is 19.5. The molecule has 0 saturated carbocycles. The molecule has 0 fully saturated rings. The first-order chi connectivity index (χ1) is 14.2. The summed E-state index contributed by atoms with van der Waals surface area (Å²) in [4.78, 5) is 4.73. The molecule has 2 heterocycles. The second-order valence-corrected chi connectivity index (χ2v) is 7.97. The highest BCUT2D eigenvalue weighted by atomic mass is 32.2. The molecule has 0 N–H and O–H groups in total. The molecule has 0 amide bonds. The van der Waals surface area contributed by atoms with Crippen LogP contribution < -0.4 is 9.47 Å². The van der Waals surface area contributed by atoms with Gasteiger partial charge in [-0.15, -0.1) is 21.5 Å². The van der Waals surface area contributed by atoms with Crippen LogP contribution in [0, 0.1) is 6.92 Å². The van der Waals surface area contributed by atoms with Gasteiger partial charge < -0.3 is 13.9 Å². The van der Waals surface area contributed by atoms with E-state index < -0.39 is 0 Å². The molecule has 8 heteroatoms. The fourth-order valence-electron chi connectivity index (χ4n) is 2.80. The van der Waals surface area contributed by atoms with E-state index in [1.54, 1.807) is 25.6 Å². The molecule has 0 atom stereocenters. The van der Waals surface area contributed by atoms with Crippen molar-refractivity contribution in [3.8, 4) is 33.5 Å². The van der Waals surface area contributed by atoms with Gasteiger partial charge in [0.05, 0.1) is 25.5 Å². The number of methoxy groups -OCH3 is 2. The standard InChI is InChI=1S/C21H19N3O3S2/c1-13-6-4-5-7-16(13)19-23-24-21(27-19)29-12-14-11-28-20(22-14)17-9-8-15(25-2)10-18(17)26-3/h4-11H,12H2,1-3H3. The molecule has 0 aliphatic rings. The van der Waals surface area contributed by atoms with Gasteiger partial charge in [-0.05, 0) is 30.7 Å². The molecule has 29 heavy (non-hydrogen) atoms. The van der Waals surface area contributed by atoms with Crippen LogP contribution in [0.15, 0.2) is 57.5 Å². The lowest BCUT2D eigenvalue weighted by molar-refractivity contribution is 0.395. The number of aromatic nitrogens is 3. The quantitative estimate of drug-likeness (QED) is 0.363. The number of aryl methyl sites for hydroxylation is 1. The molecule has 2 aromatic heterocycles. The van der Waals surface area contributed by atoms with E-state index in [1.807, 2.05) is 54.8 Å². The Bertz CT molecular complexity index is 1120. The SMILES string of the molecule is COc1ccc(-c2nc(CSc3nnc(-c4ccccc4C)o3)cs2)c(OC)c1. The summed E-state index contributed by atoms with van der Waals surface area (Å²) < 4.78 is 16.5. The lowest BCUT2D eigenvalue weighted by Gasteiger charge is -2.08. The number of rotatable bonds is 7. The minimum Gasteiger partial charge on any atom is -0.497 e. The van der Waals surface area contributed by atoms with Gasteiger partial charge in [0.15, 0.2) is 0 Å². The van der Waals surface area contributed by atoms with Crippen molar-refractivity contribution in [2.75, 3.05) is 14.2 Å². The van der Waals surface area contributed by atoms with E-state index in [1.165, 1.54) is 11.8 Å². The van der Waals surface area contributed by atoms with Gasteiger partial charge in [-0.3, -0.25) is 0 Å². The van der Waals surface area contributed by atoms with Crippen LogP contribution in [0.4, 0.5) is 0 Å². The van der Waals surface area contributed by atoms with Crippen LogP contribution in [-0.4, -0.2) is 29.4 Å². The molecule has 2 aromatic carbocycles. The van der Waals surface area contributed by atoms with Crippen molar-refractivity contribution in [3.05, 3.63) is 59.1 Å². The third-order valence-corrected chi connectivity index (χ3v) is 6.09. The second-order valence-electron chi connectivity index (χ2n) is 6.19. The zero-order valence-corrected chi connectivity index (χ0v) is 17.8. The maximum absolute atomic E-state index is 5.81. The zero-order valence-electron chi connectivity index (χ0n) is 16.2. The molecule has 6 nitrogen and oxygen atoms in total. The normalized spacial score (nSPS) is 10.9. The lowest BCUT2D eigenvalue weighted by Crippen LogP contribution is -1.90. The average Bonchev–Trinajstić information content (AvgIpc) is 3.41. The van der Waals surface area contributed by atoms with E-state index in [9.17, 15) is 0 Å². The molecule has 0 bridgehead atoms. The monoisotopic (exact) mass is 425 g/mol. The molecular weight excluding hydrogens is 406 g/mol. The number of hydrogen-bond donors (Lipinski definition) is 0. The maximum Gasteiger partial charge on any atom is 0.277 e. The minimum absolute atomic E-state index is 0.528. The average molecular weight is 426 g/mol. The van der Waals surface area contributed by atoms with Crippen molar-refractivity contribution < 1.29 is 13.9 Å². The predicted octanol–water partition coefficient (Wildman–Crippen LogP) is 5.48. The van der Waals surface area contributed by atoms with Gasteiger partial charge in [-0.2, -0.15) is 0 Å². The van der Waals surface area contributed by atoms with Crippen LogP contribution in [0.3, 0.4) is 0 Å². The van der Waals surface area contributed by atoms with Crippen LogP contribution in [0.5, 0.6) is 11.5 Å². The van der Waals surface area contributed by atoms with E-state index >= 15 is 0 Å². The fourth-order valence-corrected chi connectivity index (χ4v) is 4.41. The largest absolute Gasteiger partial charge is 0.497 e. The molecule has 0 spiro atoms. The van der Waals surface area contributed by atoms with Gasteiger partial charge in [0.2, 0.25) is 5.89 Å². The van der Waals surface area contributed by atoms with E-state index in [4.69, 9.17) is 18.9 Å². The summed E-state index contributed by atoms with van der Waals surface area (Å²) in [6.07, 6.45) is 0. The summed E-state index contributed by atoms with van der Waals surface area (Å²) in [5.41, 5.74) is 3.94. The van der Waals surface area contributed by atoms with Crippen LogP contribution in [0.25, 0.3) is 22.0 Å². The third kappa shape index (κ3) is 4.28. The number of thioether (sulfide) groups is 1. The van der Waals surface area contributed by atoms with Crippen molar-refractivity contribution in [1.82, 2.24) is 15.2 Å². The van der Waals surface area contributed by atoms with Crippen LogP contribution in [0.1, 0.15) is 11.3 Å². The number of nitrogens with zero attached hydrogens (tertiary/aromatic N) is 3. The van der Waals surface area contributed by atoms with E-state index in [0.717, 1.165) is 38.9 Å². The Morgan fingerprint density at radius 1 is 1.03 bits per heavy atom. The van der Waals surface area contributed by atoms with Crippen molar-refractivity contribution in [3.63, 3.8) is 0 Å². The van der Waals surface area contributed by atoms with Crippen molar-refractivity contribution in [2.45, 2.75) is 17.9 Å². The van der Waals surface area contributed by atoms with Gasteiger partial charge in [0.25, 0.3) is 5.22 Å². The summed E-state index contributed by atoms with van der Waals surface area (Å²) in [6.45, 7) is 2.02. The smallest absolute Gasteiger partial charge is 0.277 e. The Morgan fingerprint density at radius 3 is 2.69 bits per heavy atom.